The van der Waals surface area contributed by atoms with Gasteiger partial charge in [-0.3, -0.25) is 0 Å². The molecule has 0 radical (unpaired) electrons. The van der Waals surface area contributed by atoms with Crippen LogP contribution < -0.4 is 4.72 Å². The van der Waals surface area contributed by atoms with Crippen molar-refractivity contribution >= 4 is 56.3 Å². The number of thioether (sulfide) groups is 1. The minimum absolute atomic E-state index is 0.344. The van der Waals surface area contributed by atoms with Crippen LogP contribution in [0.1, 0.15) is 5.56 Å². The van der Waals surface area contributed by atoms with E-state index in [0.717, 1.165) is 11.3 Å². The third kappa shape index (κ3) is 5.16. The fraction of sp³-hybridized carbons (Fsp3) is 0.231. The highest BCUT2D eigenvalue weighted by molar-refractivity contribution is 7.98. The molecular weight excluding hydrogens is 369 g/mol. The number of halogens is 2. The first-order valence-corrected chi connectivity index (χ1v) is 10.3. The first-order chi connectivity index (χ1) is 9.99. The largest absolute Gasteiger partial charge is 0.250 e. The van der Waals surface area contributed by atoms with Crippen molar-refractivity contribution in [3.8, 4) is 0 Å². The zero-order valence-corrected chi connectivity index (χ0v) is 14.8. The molecule has 1 N–H and O–H groups in total. The Morgan fingerprint density at radius 2 is 2.00 bits per heavy atom. The molecule has 0 spiro atoms. The zero-order chi connectivity index (χ0) is 15.3. The lowest BCUT2D eigenvalue weighted by molar-refractivity contribution is 0.586. The molecule has 21 heavy (non-hydrogen) atoms. The Morgan fingerprint density at radius 1 is 1.19 bits per heavy atom. The van der Waals surface area contributed by atoms with Gasteiger partial charge in [0, 0.05) is 18.1 Å². The molecule has 0 fully saturated rings. The predicted molar refractivity (Wildman–Crippen MR) is 92.1 cm³/mol. The molecule has 3 nitrogen and oxygen atoms in total. The van der Waals surface area contributed by atoms with E-state index >= 15 is 0 Å². The standard InChI is InChI=1S/C13H13Cl2NO2S3/c14-11-4-3-10(8-12(11)15)9-19-7-5-16-21(17,18)13-2-1-6-20-13/h1-4,6,8,16H,5,7,9H2. The van der Waals surface area contributed by atoms with Gasteiger partial charge in [-0.2, -0.15) is 11.8 Å². The number of thiophene rings is 1. The van der Waals surface area contributed by atoms with Crippen molar-refractivity contribution in [3.63, 3.8) is 0 Å². The summed E-state index contributed by atoms with van der Waals surface area (Å²) in [6.07, 6.45) is 0. The number of benzene rings is 1. The smallest absolute Gasteiger partial charge is 0.210 e. The summed E-state index contributed by atoms with van der Waals surface area (Å²) in [5.41, 5.74) is 1.07. The van der Waals surface area contributed by atoms with Crippen LogP contribution in [0, 0.1) is 0 Å². The van der Waals surface area contributed by atoms with Crippen molar-refractivity contribution < 1.29 is 8.42 Å². The van der Waals surface area contributed by atoms with Crippen LogP contribution in [0.3, 0.4) is 0 Å². The van der Waals surface area contributed by atoms with Gasteiger partial charge in [0.25, 0.3) is 0 Å². The molecule has 1 aromatic carbocycles. The molecule has 0 aliphatic carbocycles. The Morgan fingerprint density at radius 3 is 2.67 bits per heavy atom. The van der Waals surface area contributed by atoms with Gasteiger partial charge in [0.1, 0.15) is 4.21 Å². The number of nitrogens with one attached hydrogen (secondary N) is 1. The first-order valence-electron chi connectivity index (χ1n) is 6.04. The van der Waals surface area contributed by atoms with Crippen molar-refractivity contribution in [2.75, 3.05) is 12.3 Å². The first kappa shape index (κ1) is 17.1. The van der Waals surface area contributed by atoms with E-state index in [2.05, 4.69) is 4.72 Å². The summed E-state index contributed by atoms with van der Waals surface area (Å²) in [6.45, 7) is 0.395. The van der Waals surface area contributed by atoms with Gasteiger partial charge in [0.15, 0.2) is 0 Å². The monoisotopic (exact) mass is 381 g/mol. The Hall–Kier alpha value is -0.240. The lowest BCUT2D eigenvalue weighted by Gasteiger charge is -2.05. The molecule has 0 saturated heterocycles. The predicted octanol–water partition coefficient (Wildman–Crippen LogP) is 4.27. The summed E-state index contributed by atoms with van der Waals surface area (Å²) in [4.78, 5) is 0. The van der Waals surface area contributed by atoms with Crippen molar-refractivity contribution in [1.29, 1.82) is 0 Å². The van der Waals surface area contributed by atoms with E-state index < -0.39 is 10.0 Å². The summed E-state index contributed by atoms with van der Waals surface area (Å²) in [6, 6.07) is 8.82. The molecule has 1 aromatic heterocycles. The Bertz CT molecular complexity index is 687. The van der Waals surface area contributed by atoms with Gasteiger partial charge in [-0.25, -0.2) is 13.1 Å². The second-order valence-electron chi connectivity index (χ2n) is 4.13. The quantitative estimate of drug-likeness (QED) is 0.728. The van der Waals surface area contributed by atoms with Gasteiger partial charge in [-0.05, 0) is 29.1 Å². The van der Waals surface area contributed by atoms with Crippen molar-refractivity contribution in [1.82, 2.24) is 4.72 Å². The van der Waals surface area contributed by atoms with Gasteiger partial charge >= 0.3 is 0 Å². The molecule has 0 atom stereocenters. The molecule has 2 rings (SSSR count). The Kier molecular flexibility index (Phi) is 6.40. The van der Waals surface area contributed by atoms with E-state index in [1.807, 2.05) is 12.1 Å². The Balaban J connectivity index is 1.74. The van der Waals surface area contributed by atoms with E-state index in [-0.39, 0.29) is 0 Å². The van der Waals surface area contributed by atoms with Gasteiger partial charge in [-0.15, -0.1) is 11.3 Å². The number of hydrogen-bond acceptors (Lipinski definition) is 4. The fourth-order valence-corrected chi connectivity index (χ4v) is 4.88. The van der Waals surface area contributed by atoms with Crippen LogP contribution in [0.15, 0.2) is 39.9 Å². The van der Waals surface area contributed by atoms with Crippen LogP contribution in [-0.4, -0.2) is 20.7 Å². The minimum atomic E-state index is -3.36. The van der Waals surface area contributed by atoms with Gasteiger partial charge in [0.05, 0.1) is 10.0 Å². The molecule has 0 bridgehead atoms. The molecule has 0 amide bonds. The molecule has 114 valence electrons. The van der Waals surface area contributed by atoms with E-state index in [0.29, 0.717) is 26.6 Å². The van der Waals surface area contributed by atoms with Gasteiger partial charge in [-0.1, -0.05) is 35.3 Å². The molecule has 0 unspecified atom stereocenters. The SMILES string of the molecule is O=S(=O)(NCCSCc1ccc(Cl)c(Cl)c1)c1cccs1. The van der Waals surface area contributed by atoms with Crippen LogP contribution in [0.25, 0.3) is 0 Å². The lowest BCUT2D eigenvalue weighted by atomic mass is 10.2. The van der Waals surface area contributed by atoms with Crippen molar-refractivity contribution in [2.45, 2.75) is 9.96 Å². The third-order valence-corrected chi connectivity index (χ3v) is 7.18. The molecule has 0 aliphatic heterocycles. The fourth-order valence-electron chi connectivity index (χ4n) is 1.56. The molecular formula is C13H13Cl2NO2S3. The second-order valence-corrected chi connectivity index (χ2v) is 8.99. The Labute approximate surface area is 142 Å². The number of hydrogen-bond donors (Lipinski definition) is 1. The highest BCUT2D eigenvalue weighted by Gasteiger charge is 2.13. The van der Waals surface area contributed by atoms with Gasteiger partial charge < -0.3 is 0 Å². The lowest BCUT2D eigenvalue weighted by Crippen LogP contribution is -2.25. The maximum Gasteiger partial charge on any atom is 0.250 e. The van der Waals surface area contributed by atoms with Crippen LogP contribution in [0.2, 0.25) is 10.0 Å². The minimum Gasteiger partial charge on any atom is -0.210 e. The maximum absolute atomic E-state index is 11.9. The summed E-state index contributed by atoms with van der Waals surface area (Å²) >= 11 is 14.6. The van der Waals surface area contributed by atoms with Crippen molar-refractivity contribution in [3.05, 3.63) is 51.3 Å². The highest BCUT2D eigenvalue weighted by Crippen LogP contribution is 2.24. The van der Waals surface area contributed by atoms with E-state index in [1.54, 1.807) is 35.3 Å². The average Bonchev–Trinajstić information content (AvgIpc) is 2.97. The zero-order valence-electron chi connectivity index (χ0n) is 10.9. The number of rotatable bonds is 7. The maximum atomic E-state index is 11.9. The van der Waals surface area contributed by atoms with E-state index in [9.17, 15) is 8.42 Å². The normalized spacial score (nSPS) is 11.7. The molecule has 8 heteroatoms. The van der Waals surface area contributed by atoms with Gasteiger partial charge in [0.2, 0.25) is 10.0 Å². The summed E-state index contributed by atoms with van der Waals surface area (Å²) < 4.78 is 26.7. The number of sulfonamides is 1. The molecule has 0 saturated carbocycles. The summed E-state index contributed by atoms with van der Waals surface area (Å²) in [7, 11) is -3.36. The molecule has 0 aliphatic rings. The van der Waals surface area contributed by atoms with Crippen molar-refractivity contribution in [2.24, 2.45) is 0 Å². The molecule has 2 aromatic rings. The average molecular weight is 382 g/mol. The van der Waals surface area contributed by atoms with Crippen LogP contribution >= 0.6 is 46.3 Å². The molecule has 1 heterocycles. The summed E-state index contributed by atoms with van der Waals surface area (Å²) in [5.74, 6) is 1.45. The second kappa shape index (κ2) is 7.85. The topological polar surface area (TPSA) is 46.2 Å². The van der Waals surface area contributed by atoms with Crippen LogP contribution in [-0.2, 0) is 15.8 Å². The van der Waals surface area contributed by atoms with Crippen LogP contribution in [0.4, 0.5) is 0 Å². The summed E-state index contributed by atoms with van der Waals surface area (Å²) in [5, 5.41) is 2.82. The van der Waals surface area contributed by atoms with Crippen LogP contribution in [0.5, 0.6) is 0 Å². The van der Waals surface area contributed by atoms with E-state index in [1.165, 1.54) is 11.3 Å². The highest BCUT2D eigenvalue weighted by atomic mass is 35.5. The third-order valence-electron chi connectivity index (χ3n) is 2.55. The van der Waals surface area contributed by atoms with E-state index in [4.69, 9.17) is 23.2 Å².